The zero-order valence-corrected chi connectivity index (χ0v) is 14.1. The van der Waals surface area contributed by atoms with Crippen LogP contribution in [0, 0.1) is 11.8 Å². The maximum absolute atomic E-state index is 9.34. The molecule has 0 unspecified atom stereocenters. The van der Waals surface area contributed by atoms with Crippen molar-refractivity contribution in [1.29, 1.82) is 0 Å². The van der Waals surface area contributed by atoms with E-state index in [9.17, 15) is 5.11 Å². The first-order chi connectivity index (χ1) is 11.0. The average molecular weight is 335 g/mol. The van der Waals surface area contributed by atoms with Crippen LogP contribution in [0.1, 0.15) is 24.5 Å². The number of aliphatic hydroxyl groups excluding tert-OH is 1. The van der Waals surface area contributed by atoms with Crippen LogP contribution in [0.15, 0.2) is 18.5 Å². The summed E-state index contributed by atoms with van der Waals surface area (Å²) < 4.78 is 6.82. The molecule has 0 aliphatic carbocycles. The fourth-order valence-electron chi connectivity index (χ4n) is 1.93. The van der Waals surface area contributed by atoms with Gasteiger partial charge in [-0.25, -0.2) is 4.98 Å². The van der Waals surface area contributed by atoms with Crippen LogP contribution in [-0.2, 0) is 7.05 Å². The number of aliphatic hydroxyl groups is 1. The minimum absolute atomic E-state index is 0.367. The highest BCUT2D eigenvalue weighted by atomic mass is 35.5. The van der Waals surface area contributed by atoms with E-state index in [2.05, 4.69) is 27.2 Å². The molecule has 0 saturated heterocycles. The topological polar surface area (TPSA) is 72.2 Å². The molecule has 6 nitrogen and oxygen atoms in total. The molecule has 2 rings (SSSR count). The highest BCUT2D eigenvalue weighted by Gasteiger charge is 2.06. The molecule has 2 N–H and O–H groups in total. The normalized spacial score (nSPS) is 11.5. The number of hydrogen-bond donors (Lipinski definition) is 2. The van der Waals surface area contributed by atoms with E-state index in [0.29, 0.717) is 35.1 Å². The van der Waals surface area contributed by atoms with Crippen molar-refractivity contribution < 1.29 is 9.84 Å². The van der Waals surface area contributed by atoms with Crippen LogP contribution < -0.4 is 10.1 Å². The fraction of sp³-hybridized carbons (Fsp3) is 0.375. The molecule has 0 fully saturated rings. The monoisotopic (exact) mass is 334 g/mol. The van der Waals surface area contributed by atoms with E-state index in [1.807, 2.05) is 0 Å². The van der Waals surface area contributed by atoms with Gasteiger partial charge in [0, 0.05) is 26.0 Å². The summed E-state index contributed by atoms with van der Waals surface area (Å²) >= 11 is 5.94. The van der Waals surface area contributed by atoms with Gasteiger partial charge >= 0.3 is 0 Å². The highest BCUT2D eigenvalue weighted by molar-refractivity contribution is 6.29. The summed E-state index contributed by atoms with van der Waals surface area (Å²) in [6.07, 6.45) is 3.66. The molecule has 7 heteroatoms. The third-order valence-corrected chi connectivity index (χ3v) is 3.27. The summed E-state index contributed by atoms with van der Waals surface area (Å²) in [6.45, 7) is 2.36. The van der Waals surface area contributed by atoms with Gasteiger partial charge in [-0.05, 0) is 19.4 Å². The van der Waals surface area contributed by atoms with E-state index >= 15 is 0 Å². The van der Waals surface area contributed by atoms with Crippen molar-refractivity contribution in [2.24, 2.45) is 7.05 Å². The van der Waals surface area contributed by atoms with Crippen molar-refractivity contribution in [1.82, 2.24) is 14.8 Å². The lowest BCUT2D eigenvalue weighted by molar-refractivity contribution is 0.189. The number of hydrogen-bond acceptors (Lipinski definition) is 5. The van der Waals surface area contributed by atoms with Gasteiger partial charge in [-0.1, -0.05) is 23.4 Å². The van der Waals surface area contributed by atoms with E-state index in [1.165, 1.54) is 0 Å². The minimum Gasteiger partial charge on any atom is -0.479 e. The molecule has 23 heavy (non-hydrogen) atoms. The van der Waals surface area contributed by atoms with Crippen LogP contribution in [0.25, 0.3) is 0 Å². The van der Waals surface area contributed by atoms with Crippen LogP contribution in [0.5, 0.6) is 5.88 Å². The lowest BCUT2D eigenvalue weighted by Gasteiger charge is -2.09. The molecule has 2 heterocycles. The van der Waals surface area contributed by atoms with E-state index in [0.717, 1.165) is 5.69 Å². The van der Waals surface area contributed by atoms with E-state index < -0.39 is 0 Å². The number of aromatic nitrogens is 3. The lowest BCUT2D eigenvalue weighted by atomic mass is 10.2. The Hall–Kier alpha value is -2.23. The molecule has 0 amide bonds. The molecule has 1 atom stereocenters. The summed E-state index contributed by atoms with van der Waals surface area (Å²) in [4.78, 5) is 4.06. The molecule has 0 bridgehead atoms. The number of nitrogens with one attached hydrogen (secondary N) is 1. The van der Waals surface area contributed by atoms with Crippen molar-refractivity contribution in [3.05, 3.63) is 34.7 Å². The molecule has 0 spiro atoms. The molecule has 0 radical (unpaired) electrons. The van der Waals surface area contributed by atoms with Crippen molar-refractivity contribution in [3.63, 3.8) is 0 Å². The van der Waals surface area contributed by atoms with Gasteiger partial charge in [-0.15, -0.1) is 5.10 Å². The van der Waals surface area contributed by atoms with Crippen LogP contribution >= 0.6 is 11.6 Å². The molecule has 0 aromatic carbocycles. The summed E-state index contributed by atoms with van der Waals surface area (Å²) in [5.74, 6) is 6.56. The molecular weight excluding hydrogens is 316 g/mol. The first-order valence-electron chi connectivity index (χ1n) is 7.16. The molecular formula is C16H19ClN4O2. The maximum atomic E-state index is 9.34. The van der Waals surface area contributed by atoms with E-state index in [1.54, 1.807) is 44.2 Å². The Morgan fingerprint density at radius 3 is 2.87 bits per heavy atom. The maximum Gasteiger partial charge on any atom is 0.248 e. The van der Waals surface area contributed by atoms with Gasteiger partial charge in [0.05, 0.1) is 24.5 Å². The third-order valence-electron chi connectivity index (χ3n) is 3.07. The number of pyridine rings is 1. The van der Waals surface area contributed by atoms with Crippen LogP contribution in [0.3, 0.4) is 0 Å². The highest BCUT2D eigenvalue weighted by Crippen LogP contribution is 2.19. The van der Waals surface area contributed by atoms with Crippen LogP contribution in [0.2, 0.25) is 5.15 Å². The quantitative estimate of drug-likeness (QED) is 0.647. The number of nitrogens with zero attached hydrogens (tertiary/aromatic N) is 3. The van der Waals surface area contributed by atoms with Gasteiger partial charge in [0.25, 0.3) is 0 Å². The second-order valence-electron chi connectivity index (χ2n) is 5.09. The number of rotatable bonds is 5. The number of halogens is 1. The largest absolute Gasteiger partial charge is 0.479 e. The van der Waals surface area contributed by atoms with Crippen LogP contribution in [-0.4, -0.2) is 39.6 Å². The number of aryl methyl sites for hydroxylation is 1. The Labute approximate surface area is 140 Å². The van der Waals surface area contributed by atoms with Crippen molar-refractivity contribution >= 4 is 17.3 Å². The average Bonchev–Trinajstić information content (AvgIpc) is 2.86. The number of ether oxygens (including phenoxy) is 1. The standard InChI is InChI=1S/C16H19ClN4O2/c1-11(22)6-7-18-14-8-15(17)19-9-12(14)4-5-13-10-21(2)20-16(13)23-3/h8-11,22H,6-7H2,1-3H3,(H,18,19)/t11-/m1/s1. The first-order valence-corrected chi connectivity index (χ1v) is 7.54. The first kappa shape index (κ1) is 17.1. The second kappa shape index (κ2) is 7.86. The van der Waals surface area contributed by atoms with E-state index in [-0.39, 0.29) is 6.10 Å². The molecule has 0 saturated carbocycles. The Kier molecular flexibility index (Phi) is 5.85. The van der Waals surface area contributed by atoms with Gasteiger partial charge in [0.2, 0.25) is 5.88 Å². The zero-order chi connectivity index (χ0) is 16.8. The Morgan fingerprint density at radius 2 is 2.17 bits per heavy atom. The smallest absolute Gasteiger partial charge is 0.248 e. The Bertz CT molecular complexity index is 731. The third kappa shape index (κ3) is 4.88. The summed E-state index contributed by atoms with van der Waals surface area (Å²) in [6, 6.07) is 1.72. The molecule has 122 valence electrons. The van der Waals surface area contributed by atoms with Gasteiger partial charge in [0.15, 0.2) is 0 Å². The number of methoxy groups -OCH3 is 1. The molecule has 2 aromatic heterocycles. The van der Waals surface area contributed by atoms with Gasteiger partial charge < -0.3 is 15.2 Å². The van der Waals surface area contributed by atoms with Crippen molar-refractivity contribution in [2.75, 3.05) is 19.0 Å². The minimum atomic E-state index is -0.367. The SMILES string of the molecule is COc1nn(C)cc1C#Cc1cnc(Cl)cc1NCC[C@@H](C)O. The Morgan fingerprint density at radius 1 is 1.43 bits per heavy atom. The molecule has 0 aliphatic heterocycles. The summed E-state index contributed by atoms with van der Waals surface area (Å²) in [7, 11) is 3.36. The molecule has 2 aromatic rings. The fourth-order valence-corrected chi connectivity index (χ4v) is 2.09. The van der Waals surface area contributed by atoms with Gasteiger partial charge in [-0.3, -0.25) is 4.68 Å². The molecule has 0 aliphatic rings. The summed E-state index contributed by atoms with van der Waals surface area (Å²) in [5, 5.41) is 17.1. The Balaban J connectivity index is 2.24. The zero-order valence-electron chi connectivity index (χ0n) is 13.3. The van der Waals surface area contributed by atoms with Gasteiger partial charge in [-0.2, -0.15) is 0 Å². The van der Waals surface area contributed by atoms with Crippen molar-refractivity contribution in [2.45, 2.75) is 19.4 Å². The number of anilines is 1. The van der Waals surface area contributed by atoms with Crippen molar-refractivity contribution in [3.8, 4) is 17.7 Å². The summed E-state index contributed by atoms with van der Waals surface area (Å²) in [5.41, 5.74) is 2.19. The predicted octanol–water partition coefficient (Wildman–Crippen LogP) is 2.06. The lowest BCUT2D eigenvalue weighted by Crippen LogP contribution is -2.10. The van der Waals surface area contributed by atoms with Crippen LogP contribution in [0.4, 0.5) is 5.69 Å². The second-order valence-corrected chi connectivity index (χ2v) is 5.48. The predicted molar refractivity (Wildman–Crippen MR) is 89.8 cm³/mol. The van der Waals surface area contributed by atoms with Gasteiger partial charge in [0.1, 0.15) is 10.7 Å². The van der Waals surface area contributed by atoms with E-state index in [4.69, 9.17) is 16.3 Å².